The number of nitrogens with one attached hydrogen (secondary N) is 2. The van der Waals surface area contributed by atoms with Gasteiger partial charge in [0.05, 0.1) is 17.2 Å². The molecule has 2 heterocycles. The van der Waals surface area contributed by atoms with E-state index in [-0.39, 0.29) is 12.0 Å². The van der Waals surface area contributed by atoms with Gasteiger partial charge in [0.15, 0.2) is 0 Å². The molecule has 5 nitrogen and oxygen atoms in total. The molecule has 0 radical (unpaired) electrons. The number of rotatable bonds is 6. The zero-order valence-electron chi connectivity index (χ0n) is 16.1. The van der Waals surface area contributed by atoms with E-state index < -0.39 is 0 Å². The van der Waals surface area contributed by atoms with Crippen LogP contribution in [0.1, 0.15) is 35.7 Å². The predicted molar refractivity (Wildman–Crippen MR) is 112 cm³/mol. The number of ether oxygens (including phenoxy) is 1. The zero-order chi connectivity index (χ0) is 19.3. The minimum Gasteiger partial charge on any atom is -0.376 e. The van der Waals surface area contributed by atoms with Gasteiger partial charge in [0.25, 0.3) is 5.91 Å². The van der Waals surface area contributed by atoms with Gasteiger partial charge in [-0.15, -0.1) is 0 Å². The van der Waals surface area contributed by atoms with Crippen LogP contribution in [0, 0.1) is 0 Å². The monoisotopic (exact) mass is 375 g/mol. The smallest absolute Gasteiger partial charge is 0.252 e. The number of carbonyl (C=O) groups excluding carboxylic acids is 1. The molecule has 5 heteroatoms. The lowest BCUT2D eigenvalue weighted by molar-refractivity contribution is 0.0859. The molecule has 0 aliphatic carbocycles. The van der Waals surface area contributed by atoms with Crippen LogP contribution >= 0.6 is 0 Å². The topological polar surface area (TPSA) is 63.2 Å². The highest BCUT2D eigenvalue weighted by Gasteiger charge is 2.18. The highest BCUT2D eigenvalue weighted by atomic mass is 16.5. The van der Waals surface area contributed by atoms with Gasteiger partial charge in [-0.05, 0) is 43.0 Å². The summed E-state index contributed by atoms with van der Waals surface area (Å²) >= 11 is 0. The second kappa shape index (κ2) is 8.40. The number of hydrogen-bond acceptors (Lipinski definition) is 4. The molecule has 1 saturated heterocycles. The predicted octanol–water partition coefficient (Wildman–Crippen LogP) is 4.45. The Bertz CT molecular complexity index is 980. The van der Waals surface area contributed by atoms with E-state index in [4.69, 9.17) is 9.72 Å². The molecule has 3 aromatic rings. The second-order valence-electron chi connectivity index (χ2n) is 7.05. The minimum atomic E-state index is -0.0964. The van der Waals surface area contributed by atoms with Crippen molar-refractivity contribution in [3.8, 4) is 0 Å². The summed E-state index contributed by atoms with van der Waals surface area (Å²) < 4.78 is 5.62. The molecular weight excluding hydrogens is 350 g/mol. The van der Waals surface area contributed by atoms with Crippen LogP contribution in [-0.4, -0.2) is 30.1 Å². The Balaban J connectivity index is 1.64. The molecule has 1 atom stereocenters. The Morgan fingerprint density at radius 1 is 1.18 bits per heavy atom. The maximum Gasteiger partial charge on any atom is 0.252 e. The molecular formula is C23H25N3O2. The summed E-state index contributed by atoms with van der Waals surface area (Å²) in [6, 6.07) is 17.7. The fourth-order valence-corrected chi connectivity index (χ4v) is 3.62. The number of pyridine rings is 1. The number of aromatic nitrogens is 1. The van der Waals surface area contributed by atoms with Gasteiger partial charge in [-0.25, -0.2) is 4.98 Å². The minimum absolute atomic E-state index is 0.0964. The number of nitrogens with zero attached hydrogens (tertiary/aromatic N) is 1. The molecule has 4 rings (SSSR count). The Morgan fingerprint density at radius 3 is 2.82 bits per heavy atom. The molecule has 1 fully saturated rings. The highest BCUT2D eigenvalue weighted by Crippen LogP contribution is 2.25. The Hall–Kier alpha value is -2.92. The van der Waals surface area contributed by atoms with Crippen LogP contribution in [0.4, 0.5) is 11.5 Å². The third kappa shape index (κ3) is 3.99. The number of para-hydroxylation sites is 2. The number of amides is 1. The molecule has 2 N–H and O–H groups in total. The van der Waals surface area contributed by atoms with Gasteiger partial charge in [-0.1, -0.05) is 43.3 Å². The summed E-state index contributed by atoms with van der Waals surface area (Å²) in [5.74, 6) is 0.572. The van der Waals surface area contributed by atoms with Crippen molar-refractivity contribution in [1.82, 2.24) is 10.3 Å². The summed E-state index contributed by atoms with van der Waals surface area (Å²) in [5, 5.41) is 7.27. The van der Waals surface area contributed by atoms with Crippen LogP contribution in [-0.2, 0) is 11.2 Å². The van der Waals surface area contributed by atoms with Crippen LogP contribution in [0.2, 0.25) is 0 Å². The number of fused-ring (bicyclic) bond motifs is 1. The largest absolute Gasteiger partial charge is 0.376 e. The van der Waals surface area contributed by atoms with E-state index in [2.05, 4.69) is 23.6 Å². The van der Waals surface area contributed by atoms with Crippen LogP contribution in [0.3, 0.4) is 0 Å². The first-order chi connectivity index (χ1) is 13.7. The normalized spacial score (nSPS) is 16.2. The van der Waals surface area contributed by atoms with Crippen molar-refractivity contribution in [3.63, 3.8) is 0 Å². The van der Waals surface area contributed by atoms with Gasteiger partial charge < -0.3 is 15.4 Å². The van der Waals surface area contributed by atoms with Crippen LogP contribution < -0.4 is 10.6 Å². The average Bonchev–Trinajstić information content (AvgIpc) is 3.25. The van der Waals surface area contributed by atoms with Crippen molar-refractivity contribution >= 4 is 28.3 Å². The fourth-order valence-electron chi connectivity index (χ4n) is 3.62. The van der Waals surface area contributed by atoms with Gasteiger partial charge in [0, 0.05) is 24.2 Å². The van der Waals surface area contributed by atoms with Crippen LogP contribution in [0.15, 0.2) is 54.6 Å². The van der Waals surface area contributed by atoms with Crippen molar-refractivity contribution in [3.05, 3.63) is 65.7 Å². The maximum absolute atomic E-state index is 12.9. The number of aryl methyl sites for hydroxylation is 1. The third-order valence-corrected chi connectivity index (χ3v) is 5.14. The van der Waals surface area contributed by atoms with Gasteiger partial charge in [0.1, 0.15) is 5.82 Å². The van der Waals surface area contributed by atoms with Gasteiger partial charge in [-0.2, -0.15) is 0 Å². The van der Waals surface area contributed by atoms with E-state index in [1.165, 1.54) is 5.56 Å². The van der Waals surface area contributed by atoms with E-state index in [0.29, 0.717) is 17.9 Å². The molecule has 1 amide bonds. The maximum atomic E-state index is 12.9. The first-order valence-corrected chi connectivity index (χ1v) is 9.89. The molecule has 1 aromatic heterocycles. The quantitative estimate of drug-likeness (QED) is 0.668. The summed E-state index contributed by atoms with van der Waals surface area (Å²) in [6.45, 7) is 3.44. The number of carbonyl (C=O) groups is 1. The number of benzene rings is 2. The molecule has 0 saturated carbocycles. The molecule has 144 valence electrons. The molecule has 1 unspecified atom stereocenters. The van der Waals surface area contributed by atoms with E-state index in [1.807, 2.05) is 48.5 Å². The highest BCUT2D eigenvalue weighted by molar-refractivity contribution is 6.07. The van der Waals surface area contributed by atoms with Gasteiger partial charge in [0.2, 0.25) is 0 Å². The van der Waals surface area contributed by atoms with Crippen molar-refractivity contribution in [2.45, 2.75) is 32.3 Å². The average molecular weight is 375 g/mol. The van der Waals surface area contributed by atoms with E-state index >= 15 is 0 Å². The Labute approximate surface area is 165 Å². The lowest BCUT2D eigenvalue weighted by atomic mass is 10.1. The summed E-state index contributed by atoms with van der Waals surface area (Å²) in [5.41, 5.74) is 3.64. The van der Waals surface area contributed by atoms with Crippen LogP contribution in [0.25, 0.3) is 10.9 Å². The molecule has 1 aliphatic rings. The Morgan fingerprint density at radius 2 is 2.00 bits per heavy atom. The van der Waals surface area contributed by atoms with Crippen molar-refractivity contribution in [1.29, 1.82) is 0 Å². The fraction of sp³-hybridized carbons (Fsp3) is 0.304. The number of anilines is 2. The van der Waals surface area contributed by atoms with Crippen LogP contribution in [0.5, 0.6) is 0 Å². The summed E-state index contributed by atoms with van der Waals surface area (Å²) in [4.78, 5) is 17.6. The third-order valence-electron chi connectivity index (χ3n) is 5.14. The second-order valence-corrected chi connectivity index (χ2v) is 7.05. The van der Waals surface area contributed by atoms with Crippen molar-refractivity contribution < 1.29 is 9.53 Å². The first-order valence-electron chi connectivity index (χ1n) is 9.89. The summed E-state index contributed by atoms with van der Waals surface area (Å²) in [6.07, 6.45) is 3.10. The summed E-state index contributed by atoms with van der Waals surface area (Å²) in [7, 11) is 0. The van der Waals surface area contributed by atoms with E-state index in [9.17, 15) is 4.79 Å². The Kier molecular flexibility index (Phi) is 5.53. The first kappa shape index (κ1) is 18.4. The number of hydrogen-bond donors (Lipinski definition) is 2. The van der Waals surface area contributed by atoms with Crippen molar-refractivity contribution in [2.75, 3.05) is 18.5 Å². The zero-order valence-corrected chi connectivity index (χ0v) is 16.1. The van der Waals surface area contributed by atoms with E-state index in [0.717, 1.165) is 42.5 Å². The van der Waals surface area contributed by atoms with Gasteiger partial charge >= 0.3 is 0 Å². The molecule has 1 aliphatic heterocycles. The van der Waals surface area contributed by atoms with Crippen molar-refractivity contribution in [2.24, 2.45) is 0 Å². The molecule has 0 spiro atoms. The SMILES string of the molecule is CCc1ccccc1Nc1cc(C(=O)NCC2CCCO2)c2ccccc2n1. The van der Waals surface area contributed by atoms with E-state index in [1.54, 1.807) is 0 Å². The molecule has 28 heavy (non-hydrogen) atoms. The molecule has 2 aromatic carbocycles. The lowest BCUT2D eigenvalue weighted by Gasteiger charge is -2.15. The molecule has 0 bridgehead atoms. The lowest BCUT2D eigenvalue weighted by Crippen LogP contribution is -2.32. The van der Waals surface area contributed by atoms with Gasteiger partial charge in [-0.3, -0.25) is 4.79 Å². The standard InChI is InChI=1S/C23H25N3O2/c1-2-16-8-3-5-11-20(16)25-22-14-19(18-10-4-6-12-21(18)26-22)23(27)24-15-17-9-7-13-28-17/h3-6,8,10-12,14,17H,2,7,9,13,15H2,1H3,(H,24,27)(H,25,26).